The minimum atomic E-state index is -0.281. The number of amides is 1. The van der Waals surface area contributed by atoms with Crippen molar-refractivity contribution >= 4 is 28.4 Å². The number of nitrogens with zero attached hydrogens (tertiary/aromatic N) is 3. The summed E-state index contributed by atoms with van der Waals surface area (Å²) in [4.78, 5) is 24.4. The first-order chi connectivity index (χ1) is 14.5. The van der Waals surface area contributed by atoms with Gasteiger partial charge in [-0.05, 0) is 55.3 Å². The highest BCUT2D eigenvalue weighted by atomic mass is 16.5. The number of aryl methyl sites for hydroxylation is 2. The number of aromatic nitrogens is 2. The first-order valence-corrected chi connectivity index (χ1v) is 9.27. The number of hydrogen-bond acceptors (Lipinski definition) is 5. The molecule has 1 amide bonds. The third kappa shape index (κ3) is 3.98. The molecule has 2 heterocycles. The summed E-state index contributed by atoms with van der Waals surface area (Å²) in [5.74, 6) is 0.752. The normalized spacial score (nSPS) is 10.6. The lowest BCUT2D eigenvalue weighted by Gasteiger charge is -2.09. The number of ether oxygens (including phenoxy) is 1. The van der Waals surface area contributed by atoms with Crippen molar-refractivity contribution in [2.24, 2.45) is 0 Å². The molecule has 1 N–H and O–H groups in total. The fourth-order valence-electron chi connectivity index (χ4n) is 3.01. The van der Waals surface area contributed by atoms with E-state index in [1.165, 1.54) is 6.20 Å². The van der Waals surface area contributed by atoms with Gasteiger partial charge in [0.2, 0.25) is 5.89 Å². The summed E-state index contributed by atoms with van der Waals surface area (Å²) in [6, 6.07) is 14.4. The molecule has 0 saturated carbocycles. The van der Waals surface area contributed by atoms with Crippen molar-refractivity contribution in [1.82, 2.24) is 9.97 Å². The number of rotatable bonds is 5. The number of nitrogens with one attached hydrogen (secondary N) is 1. The third-order valence-electron chi connectivity index (χ3n) is 4.51. The second kappa shape index (κ2) is 8.05. The summed E-state index contributed by atoms with van der Waals surface area (Å²) in [6.45, 7) is 10.9. The Morgan fingerprint density at radius 2 is 2.00 bits per heavy atom. The Kier molecular flexibility index (Phi) is 5.14. The van der Waals surface area contributed by atoms with Crippen molar-refractivity contribution in [3.63, 3.8) is 0 Å². The predicted octanol–water partition coefficient (Wildman–Crippen LogP) is 5.07. The van der Waals surface area contributed by atoms with Crippen LogP contribution >= 0.6 is 0 Å². The van der Waals surface area contributed by atoms with E-state index in [4.69, 9.17) is 15.7 Å². The van der Waals surface area contributed by atoms with Gasteiger partial charge in [-0.25, -0.2) is 14.8 Å². The Balaban J connectivity index is 1.45. The summed E-state index contributed by atoms with van der Waals surface area (Å²) in [5, 5.41) is 2.75. The number of benzene rings is 2. The first kappa shape index (κ1) is 19.2. The standard InChI is InChI=1S/C23H18N4O3/c1-14-6-4-5-7-20(14)29-13-21(28)26-16-8-9-18(25-12-16)23-27-19-11-17(24-3)10-15(2)22(19)30-23/h4-12H,13H2,1-2H3,(H,26,28). The van der Waals surface area contributed by atoms with Gasteiger partial charge in [-0.1, -0.05) is 18.2 Å². The number of carbonyl (C=O) groups is 1. The van der Waals surface area contributed by atoms with Gasteiger partial charge >= 0.3 is 0 Å². The number of para-hydroxylation sites is 1. The summed E-state index contributed by atoms with van der Waals surface area (Å²) in [7, 11) is 0. The highest BCUT2D eigenvalue weighted by Crippen LogP contribution is 2.29. The average Bonchev–Trinajstić information content (AvgIpc) is 3.18. The smallest absolute Gasteiger partial charge is 0.262 e. The summed E-state index contributed by atoms with van der Waals surface area (Å²) >= 11 is 0. The Labute approximate surface area is 173 Å². The van der Waals surface area contributed by atoms with Crippen LogP contribution in [-0.2, 0) is 4.79 Å². The maximum absolute atomic E-state index is 12.1. The summed E-state index contributed by atoms with van der Waals surface area (Å²) in [6.07, 6.45) is 1.54. The van der Waals surface area contributed by atoms with Crippen molar-refractivity contribution in [2.75, 3.05) is 11.9 Å². The maximum atomic E-state index is 12.1. The number of oxazole rings is 1. The van der Waals surface area contributed by atoms with Crippen molar-refractivity contribution in [3.05, 3.63) is 77.3 Å². The van der Waals surface area contributed by atoms with Gasteiger partial charge in [0.15, 0.2) is 17.9 Å². The van der Waals surface area contributed by atoms with Crippen LogP contribution in [0.2, 0.25) is 0 Å². The van der Waals surface area contributed by atoms with Crippen molar-refractivity contribution in [2.45, 2.75) is 13.8 Å². The van der Waals surface area contributed by atoms with E-state index in [1.54, 1.807) is 24.3 Å². The van der Waals surface area contributed by atoms with Crippen LogP contribution in [0.3, 0.4) is 0 Å². The zero-order chi connectivity index (χ0) is 21.1. The zero-order valence-electron chi connectivity index (χ0n) is 16.5. The van der Waals surface area contributed by atoms with Gasteiger partial charge in [0.25, 0.3) is 5.91 Å². The molecule has 0 aliphatic carbocycles. The molecule has 2 aromatic heterocycles. The van der Waals surface area contributed by atoms with Crippen molar-refractivity contribution in [1.29, 1.82) is 0 Å². The number of pyridine rings is 1. The van der Waals surface area contributed by atoms with Gasteiger partial charge < -0.3 is 14.5 Å². The van der Waals surface area contributed by atoms with Gasteiger partial charge in [0.05, 0.1) is 24.0 Å². The van der Waals surface area contributed by atoms with Crippen LogP contribution in [-0.4, -0.2) is 22.5 Å². The molecule has 2 aromatic carbocycles. The summed E-state index contributed by atoms with van der Waals surface area (Å²) in [5.41, 5.74) is 4.64. The van der Waals surface area contributed by atoms with Crippen LogP contribution in [0.15, 0.2) is 59.1 Å². The molecule has 0 aliphatic rings. The van der Waals surface area contributed by atoms with E-state index < -0.39 is 0 Å². The van der Waals surface area contributed by atoms with E-state index in [0.29, 0.717) is 39.8 Å². The van der Waals surface area contributed by atoms with E-state index in [9.17, 15) is 4.79 Å². The quantitative estimate of drug-likeness (QED) is 0.474. The van der Waals surface area contributed by atoms with Gasteiger partial charge in [-0.2, -0.15) is 0 Å². The number of anilines is 1. The van der Waals surface area contributed by atoms with Crippen LogP contribution < -0.4 is 10.1 Å². The second-order valence-electron chi connectivity index (χ2n) is 6.78. The molecule has 0 bridgehead atoms. The molecule has 0 spiro atoms. The van der Waals surface area contributed by atoms with E-state index in [1.807, 2.05) is 38.1 Å². The van der Waals surface area contributed by atoms with Crippen LogP contribution in [0.1, 0.15) is 11.1 Å². The molecular formula is C23H18N4O3. The van der Waals surface area contributed by atoms with Gasteiger partial charge in [-0.15, -0.1) is 0 Å². The highest BCUT2D eigenvalue weighted by Gasteiger charge is 2.13. The maximum Gasteiger partial charge on any atom is 0.262 e. The number of carbonyl (C=O) groups excluding carboxylic acids is 1. The van der Waals surface area contributed by atoms with Crippen LogP contribution in [0.25, 0.3) is 27.5 Å². The topological polar surface area (TPSA) is 81.6 Å². The fourth-order valence-corrected chi connectivity index (χ4v) is 3.01. The second-order valence-corrected chi connectivity index (χ2v) is 6.78. The Morgan fingerprint density at radius 3 is 2.73 bits per heavy atom. The molecule has 0 aliphatic heterocycles. The monoisotopic (exact) mass is 398 g/mol. The average molecular weight is 398 g/mol. The molecule has 7 heteroatoms. The lowest BCUT2D eigenvalue weighted by Crippen LogP contribution is -2.20. The Hall–Kier alpha value is -4.18. The minimum absolute atomic E-state index is 0.0968. The van der Waals surface area contributed by atoms with Gasteiger partial charge in [-0.3, -0.25) is 4.79 Å². The SMILES string of the molecule is [C-]#[N+]c1cc(C)c2oc(-c3ccc(NC(=O)COc4ccccc4C)cn3)nc2c1. The molecular weight excluding hydrogens is 380 g/mol. The predicted molar refractivity (Wildman–Crippen MR) is 114 cm³/mol. The molecule has 0 saturated heterocycles. The molecule has 0 atom stereocenters. The van der Waals surface area contributed by atoms with E-state index in [2.05, 4.69) is 20.1 Å². The van der Waals surface area contributed by atoms with Crippen LogP contribution in [0.5, 0.6) is 5.75 Å². The number of fused-ring (bicyclic) bond motifs is 1. The van der Waals surface area contributed by atoms with E-state index in [0.717, 1.165) is 11.1 Å². The van der Waals surface area contributed by atoms with E-state index in [-0.39, 0.29) is 12.5 Å². The molecule has 148 valence electrons. The fraction of sp³-hybridized carbons (Fsp3) is 0.130. The van der Waals surface area contributed by atoms with Gasteiger partial charge in [0.1, 0.15) is 11.4 Å². The van der Waals surface area contributed by atoms with E-state index >= 15 is 0 Å². The molecule has 4 aromatic rings. The highest BCUT2D eigenvalue weighted by molar-refractivity contribution is 5.92. The molecule has 0 radical (unpaired) electrons. The van der Waals surface area contributed by atoms with Crippen LogP contribution in [0, 0.1) is 20.4 Å². The largest absolute Gasteiger partial charge is 0.483 e. The lowest BCUT2D eigenvalue weighted by atomic mass is 10.2. The zero-order valence-corrected chi connectivity index (χ0v) is 16.5. The molecule has 4 rings (SSSR count). The first-order valence-electron chi connectivity index (χ1n) is 9.27. The molecule has 0 unspecified atom stereocenters. The Morgan fingerprint density at radius 1 is 1.17 bits per heavy atom. The molecule has 0 fully saturated rings. The van der Waals surface area contributed by atoms with Gasteiger partial charge in [0, 0.05) is 0 Å². The van der Waals surface area contributed by atoms with Crippen LogP contribution in [0.4, 0.5) is 11.4 Å². The minimum Gasteiger partial charge on any atom is -0.483 e. The summed E-state index contributed by atoms with van der Waals surface area (Å²) < 4.78 is 11.4. The lowest BCUT2D eigenvalue weighted by molar-refractivity contribution is -0.118. The Bertz CT molecular complexity index is 1270. The number of hydrogen-bond donors (Lipinski definition) is 1. The molecule has 30 heavy (non-hydrogen) atoms. The third-order valence-corrected chi connectivity index (χ3v) is 4.51. The molecule has 7 nitrogen and oxygen atoms in total. The van der Waals surface area contributed by atoms with Crippen molar-refractivity contribution < 1.29 is 13.9 Å². The van der Waals surface area contributed by atoms with Crippen molar-refractivity contribution in [3.8, 4) is 17.3 Å².